The Balaban J connectivity index is 1.65. The van der Waals surface area contributed by atoms with Crippen molar-refractivity contribution in [1.29, 1.82) is 0 Å². The smallest absolute Gasteiger partial charge is 0.338 e. The van der Waals surface area contributed by atoms with Crippen molar-refractivity contribution in [1.82, 2.24) is 0 Å². The molecule has 2 aromatic rings. The molecule has 3 rings (SSSR count). The Kier molecular flexibility index (Phi) is 7.31. The molecule has 1 aliphatic heterocycles. The van der Waals surface area contributed by atoms with Gasteiger partial charge in [-0.05, 0) is 48.5 Å². The summed E-state index contributed by atoms with van der Waals surface area (Å²) in [4.78, 5) is 35.9. The van der Waals surface area contributed by atoms with Crippen molar-refractivity contribution in [2.75, 3.05) is 6.61 Å². The van der Waals surface area contributed by atoms with Crippen molar-refractivity contribution in [2.24, 2.45) is 0 Å². The maximum atomic E-state index is 12.4. The molecule has 1 aliphatic rings. The van der Waals surface area contributed by atoms with Gasteiger partial charge in [-0.1, -0.05) is 23.2 Å². The number of esters is 3. The Morgan fingerprint density at radius 1 is 0.900 bits per heavy atom. The summed E-state index contributed by atoms with van der Waals surface area (Å²) in [6, 6.07) is 12.4. The molecule has 0 aromatic heterocycles. The van der Waals surface area contributed by atoms with E-state index in [1.807, 2.05) is 0 Å². The van der Waals surface area contributed by atoms with Gasteiger partial charge in [0.2, 0.25) is 6.29 Å². The molecule has 9 heteroatoms. The molecule has 0 N–H and O–H groups in total. The van der Waals surface area contributed by atoms with Crippen molar-refractivity contribution in [3.05, 3.63) is 69.7 Å². The van der Waals surface area contributed by atoms with Crippen LogP contribution in [0.4, 0.5) is 0 Å². The Morgan fingerprint density at radius 2 is 1.43 bits per heavy atom. The highest BCUT2D eigenvalue weighted by Crippen LogP contribution is 2.26. The lowest BCUT2D eigenvalue weighted by molar-refractivity contribution is -0.175. The first-order valence-corrected chi connectivity index (χ1v) is 9.79. The Labute approximate surface area is 182 Å². The van der Waals surface area contributed by atoms with Crippen LogP contribution in [-0.4, -0.2) is 43.0 Å². The number of benzene rings is 2. The Hall–Kier alpha value is -2.61. The molecule has 2 aromatic carbocycles. The van der Waals surface area contributed by atoms with Crippen LogP contribution in [0.3, 0.4) is 0 Å². The zero-order valence-corrected chi connectivity index (χ0v) is 17.4. The number of carbonyl (C=O) groups excluding carboxylic acids is 3. The first-order chi connectivity index (χ1) is 14.3. The Bertz CT molecular complexity index is 912. The molecule has 0 bridgehead atoms. The third-order valence-corrected chi connectivity index (χ3v) is 4.76. The SMILES string of the molecule is CC(=O)O[C@H]1CC(OC(=O)c2ccc(Cl)cc2)[C@@H](COC(=O)c2ccc(Cl)cc2)O1. The molecule has 158 valence electrons. The molecule has 1 saturated heterocycles. The van der Waals surface area contributed by atoms with Gasteiger partial charge in [0.05, 0.1) is 17.5 Å². The zero-order valence-electron chi connectivity index (χ0n) is 15.9. The van der Waals surface area contributed by atoms with E-state index in [1.165, 1.54) is 31.2 Å². The standard InChI is InChI=1S/C21H18Cl2O7/c1-12(24)28-19-10-17(30-21(26)14-4-8-16(23)9-5-14)18(29-19)11-27-20(25)13-2-6-15(22)7-3-13/h2-9,17-19H,10-11H2,1H3/t17?,18-,19-/m1/s1. The largest absolute Gasteiger partial charge is 0.459 e. The predicted molar refractivity (Wildman–Crippen MR) is 107 cm³/mol. The van der Waals surface area contributed by atoms with Gasteiger partial charge in [0.15, 0.2) is 0 Å². The van der Waals surface area contributed by atoms with Crippen molar-refractivity contribution in [2.45, 2.75) is 31.8 Å². The zero-order chi connectivity index (χ0) is 21.7. The van der Waals surface area contributed by atoms with Crippen molar-refractivity contribution in [3.63, 3.8) is 0 Å². The fraction of sp³-hybridized carbons (Fsp3) is 0.286. The maximum absolute atomic E-state index is 12.4. The van der Waals surface area contributed by atoms with Crippen LogP contribution in [0.15, 0.2) is 48.5 Å². The number of halogens is 2. The molecular formula is C21H18Cl2O7. The van der Waals surface area contributed by atoms with E-state index in [9.17, 15) is 14.4 Å². The third kappa shape index (κ3) is 5.95. The van der Waals surface area contributed by atoms with Crippen LogP contribution >= 0.6 is 23.2 Å². The molecule has 1 unspecified atom stereocenters. The number of ether oxygens (including phenoxy) is 4. The van der Waals surface area contributed by atoms with Crippen LogP contribution in [0, 0.1) is 0 Å². The first kappa shape index (κ1) is 22.1. The van der Waals surface area contributed by atoms with E-state index in [-0.39, 0.29) is 13.0 Å². The van der Waals surface area contributed by atoms with E-state index >= 15 is 0 Å². The van der Waals surface area contributed by atoms with Gasteiger partial charge in [-0.15, -0.1) is 0 Å². The number of hydrogen-bond acceptors (Lipinski definition) is 7. The summed E-state index contributed by atoms with van der Waals surface area (Å²) < 4.78 is 21.5. The summed E-state index contributed by atoms with van der Waals surface area (Å²) in [5, 5.41) is 0.974. The van der Waals surface area contributed by atoms with Gasteiger partial charge < -0.3 is 18.9 Å². The van der Waals surface area contributed by atoms with Gasteiger partial charge in [-0.3, -0.25) is 4.79 Å². The summed E-state index contributed by atoms with van der Waals surface area (Å²) >= 11 is 11.6. The maximum Gasteiger partial charge on any atom is 0.338 e. The minimum atomic E-state index is -0.912. The third-order valence-electron chi connectivity index (χ3n) is 4.26. The summed E-state index contributed by atoms with van der Waals surface area (Å²) in [5.41, 5.74) is 0.607. The molecule has 7 nitrogen and oxygen atoms in total. The number of rotatable bonds is 6. The molecule has 0 radical (unpaired) electrons. The molecule has 30 heavy (non-hydrogen) atoms. The molecule has 0 amide bonds. The normalized spacial score (nSPS) is 20.4. The van der Waals surface area contributed by atoms with Crippen LogP contribution in [0.2, 0.25) is 10.0 Å². The monoisotopic (exact) mass is 452 g/mol. The summed E-state index contributed by atoms with van der Waals surface area (Å²) in [7, 11) is 0. The molecular weight excluding hydrogens is 435 g/mol. The lowest BCUT2D eigenvalue weighted by Crippen LogP contribution is -2.32. The van der Waals surface area contributed by atoms with Crippen molar-refractivity contribution < 1.29 is 33.3 Å². The fourth-order valence-corrected chi connectivity index (χ4v) is 3.08. The molecule has 0 aliphatic carbocycles. The minimum absolute atomic E-state index is 0.113. The average molecular weight is 453 g/mol. The Morgan fingerprint density at radius 3 is 1.97 bits per heavy atom. The number of hydrogen-bond donors (Lipinski definition) is 0. The molecule has 1 fully saturated rings. The van der Waals surface area contributed by atoms with Gasteiger partial charge in [-0.2, -0.15) is 0 Å². The van der Waals surface area contributed by atoms with Crippen LogP contribution in [0.25, 0.3) is 0 Å². The molecule has 0 spiro atoms. The fourth-order valence-electron chi connectivity index (χ4n) is 2.83. The average Bonchev–Trinajstić information content (AvgIpc) is 3.07. The summed E-state index contributed by atoms with van der Waals surface area (Å²) in [6.07, 6.45) is -2.38. The topological polar surface area (TPSA) is 88.1 Å². The van der Waals surface area contributed by atoms with Gasteiger partial charge in [0, 0.05) is 17.0 Å². The lowest BCUT2D eigenvalue weighted by Gasteiger charge is -2.18. The summed E-state index contributed by atoms with van der Waals surface area (Å²) in [6.45, 7) is 1.05. The lowest BCUT2D eigenvalue weighted by atomic mass is 10.1. The van der Waals surface area contributed by atoms with E-state index in [4.69, 9.17) is 42.1 Å². The highest BCUT2D eigenvalue weighted by Gasteiger charge is 2.40. The van der Waals surface area contributed by atoms with E-state index in [0.29, 0.717) is 21.2 Å². The van der Waals surface area contributed by atoms with Crippen LogP contribution in [0.1, 0.15) is 34.1 Å². The second-order valence-electron chi connectivity index (χ2n) is 6.51. The van der Waals surface area contributed by atoms with Crippen LogP contribution in [-0.2, 0) is 23.7 Å². The highest BCUT2D eigenvalue weighted by molar-refractivity contribution is 6.30. The summed E-state index contributed by atoms with van der Waals surface area (Å²) in [5.74, 6) is -1.73. The second kappa shape index (κ2) is 9.93. The first-order valence-electron chi connectivity index (χ1n) is 9.04. The molecule has 1 heterocycles. The van der Waals surface area contributed by atoms with Crippen LogP contribution in [0.5, 0.6) is 0 Å². The van der Waals surface area contributed by atoms with Gasteiger partial charge in [0.25, 0.3) is 0 Å². The van der Waals surface area contributed by atoms with Gasteiger partial charge in [0.1, 0.15) is 18.8 Å². The van der Waals surface area contributed by atoms with Crippen molar-refractivity contribution >= 4 is 41.1 Å². The predicted octanol–water partition coefficient (Wildman–Crippen LogP) is 4.05. The van der Waals surface area contributed by atoms with Crippen molar-refractivity contribution in [3.8, 4) is 0 Å². The van der Waals surface area contributed by atoms with E-state index in [1.54, 1.807) is 24.3 Å². The second-order valence-corrected chi connectivity index (χ2v) is 7.38. The minimum Gasteiger partial charge on any atom is -0.459 e. The quantitative estimate of drug-likeness (QED) is 0.482. The van der Waals surface area contributed by atoms with Gasteiger partial charge >= 0.3 is 17.9 Å². The van der Waals surface area contributed by atoms with E-state index in [0.717, 1.165) is 0 Å². The van der Waals surface area contributed by atoms with Gasteiger partial charge in [-0.25, -0.2) is 9.59 Å². The highest BCUT2D eigenvalue weighted by atomic mass is 35.5. The molecule has 0 saturated carbocycles. The molecule has 3 atom stereocenters. The number of carbonyl (C=O) groups is 3. The van der Waals surface area contributed by atoms with E-state index < -0.39 is 36.4 Å². The van der Waals surface area contributed by atoms with E-state index in [2.05, 4.69) is 0 Å². The van der Waals surface area contributed by atoms with Crippen LogP contribution < -0.4 is 0 Å².